The number of anilines is 1. The van der Waals surface area contributed by atoms with Crippen molar-refractivity contribution in [1.82, 2.24) is 124 Å². The first kappa shape index (κ1) is 104. The van der Waals surface area contributed by atoms with Gasteiger partial charge in [-0.2, -0.15) is 72.6 Å². The predicted molar refractivity (Wildman–Crippen MR) is 580 cm³/mol. The van der Waals surface area contributed by atoms with Crippen molar-refractivity contribution >= 4 is 123 Å². The predicted octanol–water partition coefficient (Wildman–Crippen LogP) is 24.7. The molecular weight excluding hydrogens is 1960 g/mol. The normalized spacial score (nSPS) is 10.9. The zero-order valence-corrected chi connectivity index (χ0v) is 79.7. The van der Waals surface area contributed by atoms with Crippen molar-refractivity contribution in [2.45, 2.75) is 80.3 Å². The number of halogens is 3. The van der Waals surface area contributed by atoms with Crippen LogP contribution in [-0.4, -0.2) is 152 Å². The van der Waals surface area contributed by atoms with Crippen LogP contribution in [0.1, 0.15) is 71.8 Å². The van der Waals surface area contributed by atoms with Gasteiger partial charge in [-0.15, -0.1) is 74.1 Å². The van der Waals surface area contributed by atoms with Crippen molar-refractivity contribution in [3.63, 3.8) is 0 Å². The maximum absolute atomic E-state index is 12.8. The first-order valence-corrected chi connectivity index (χ1v) is 47.8. The van der Waals surface area contributed by atoms with E-state index in [1.807, 2.05) is 270 Å². The number of nitrogens with zero attached hydrogens (tertiary/aromatic N) is 25. The Morgan fingerprint density at radius 1 is 0.313 bits per heavy atom. The lowest BCUT2D eigenvalue weighted by molar-refractivity contribution is -0.137. The molecule has 25 aromatic rings. The molecule has 0 atom stereocenters. The van der Waals surface area contributed by atoms with Crippen LogP contribution in [0.2, 0.25) is 0 Å². The number of thiophene rings is 2. The quantitative estimate of drug-likeness (QED) is 0.0549. The third-order valence-corrected chi connectivity index (χ3v) is 25.7. The zero-order valence-electron chi connectivity index (χ0n) is 77.3. The minimum absolute atomic E-state index is 0. The number of aromatic nitrogens is 25. The van der Waals surface area contributed by atoms with Gasteiger partial charge >= 0.3 is 6.18 Å². The third kappa shape index (κ3) is 23.2. The molecule has 25 rings (SSSR count). The summed E-state index contributed by atoms with van der Waals surface area (Å²) in [6.45, 7) is 1.08. The minimum atomic E-state index is -4.39. The lowest BCUT2D eigenvalue weighted by Gasteiger charge is -2.09. The van der Waals surface area contributed by atoms with Crippen LogP contribution in [0, 0.1) is 0 Å². The highest BCUT2D eigenvalue weighted by atomic mass is 32.2. The van der Waals surface area contributed by atoms with Crippen LogP contribution in [0.4, 0.5) is 18.9 Å². The standard InChI is InChI=1S/C23H16F3N5O2.C22H18N6O.C22H17N5OS.C20H15N5O2S.C19H13N5OS.5CH4/c1-32-16-6-7-17-19(12-16)27-11-10-20(17)33-13-22-29-28-21-9-8-18(30-31(21)22)14-2-4-15(5-3-14)23(24,25)26;1-29-16-7-8-17-19(11-12-23-20(17)13-16)24-14-22-26-25-21-10-9-18(27-28(21)22)15-5-3-2-4-6-15;1-28-16-7-8-17-19(13-16)23-12-11-20(17)29-14-22-25-24-21-10-9-18(26-27(21)22)15-5-3-2-4-6-15;1-26-14-2-3-15-17(10-14)21-8-6-18(15)27-11-20-23-22-19-5-4-16(24-25(19)20)13-7-9-28-12-13;1-2-5-14-13(4-1)16(9-10-20-14)25-12-19-22-21-18-8-7-15(23-24(18)19)17-6-3-11-26-17;;;;;/h2-12H,13H2,1H3;2-13H,14H2,1H3,(H,23,24);2-13H,14H2,1H3;2-10,12H,11H2,1H3;1-11H,12H2;5*1H4. The number of thioether (sulfide) groups is 1. The SMILES string of the molecule is C.C.C.C.C.COc1ccc2c(NCc3nnc4ccc(-c5ccccc5)nn34)ccnc2c1.COc1ccc2c(OCc3nnc4ccc(-c5ccc(C(F)(F)F)cc5)nn34)ccnc2c1.COc1ccc2c(OCc3nnc4ccc(-c5ccsc5)nn34)ccnc2c1.COc1ccc2c(SCc3nnc4ccc(-c5ccccc5)nn34)ccnc2c1.c1csc(-c2ccc3nnc(COc4ccnc5ccccc45)n3n2)c1. The maximum Gasteiger partial charge on any atom is 0.416 e. The first-order valence-electron chi connectivity index (χ1n) is 45.0. The van der Waals surface area contributed by atoms with E-state index in [-0.39, 0.29) is 57.0 Å². The summed E-state index contributed by atoms with van der Waals surface area (Å²) in [6.07, 6.45) is 4.30. The van der Waals surface area contributed by atoms with Crippen molar-refractivity contribution in [1.29, 1.82) is 0 Å². The molecular formula is C111H99F3N26O7S3. The fourth-order valence-electron chi connectivity index (χ4n) is 15.7. The number of benzene rings is 8. The van der Waals surface area contributed by atoms with Gasteiger partial charge in [0.1, 0.15) is 65.8 Å². The molecule has 1 N–H and O–H groups in total. The molecule has 0 radical (unpaired) electrons. The van der Waals surface area contributed by atoms with E-state index in [0.717, 1.165) is 168 Å². The summed E-state index contributed by atoms with van der Waals surface area (Å²) < 4.78 is 86.2. The van der Waals surface area contributed by atoms with E-state index >= 15 is 0 Å². The molecule has 0 saturated carbocycles. The van der Waals surface area contributed by atoms with Gasteiger partial charge in [0, 0.05) is 120 Å². The number of alkyl halides is 3. The summed E-state index contributed by atoms with van der Waals surface area (Å²) in [5.41, 5.74) is 15.5. The summed E-state index contributed by atoms with van der Waals surface area (Å²) in [4.78, 5) is 24.2. The van der Waals surface area contributed by atoms with Crippen LogP contribution in [0.5, 0.6) is 40.2 Å². The van der Waals surface area contributed by atoms with Gasteiger partial charge in [0.15, 0.2) is 57.4 Å². The highest BCUT2D eigenvalue weighted by Crippen LogP contribution is 2.37. The van der Waals surface area contributed by atoms with Crippen LogP contribution >= 0.6 is 34.4 Å². The van der Waals surface area contributed by atoms with Gasteiger partial charge in [-0.1, -0.05) is 128 Å². The topological polar surface area (TPSA) is 356 Å². The Hall–Kier alpha value is -18.5. The van der Waals surface area contributed by atoms with Gasteiger partial charge in [-0.05, 0) is 187 Å². The van der Waals surface area contributed by atoms with Gasteiger partial charge in [0.05, 0.1) is 102 Å². The second kappa shape index (κ2) is 47.6. The largest absolute Gasteiger partial charge is 0.497 e. The van der Waals surface area contributed by atoms with Gasteiger partial charge in [0.2, 0.25) is 0 Å². The lowest BCUT2D eigenvalue weighted by atomic mass is 10.1. The second-order valence-corrected chi connectivity index (χ2v) is 34.7. The fourth-order valence-corrected chi connectivity index (χ4v) is 18.0. The average Bonchev–Trinajstić information content (AvgIpc) is 1.79. The smallest absolute Gasteiger partial charge is 0.416 e. The number of nitrogens with one attached hydrogen (secondary N) is 1. The van der Waals surface area contributed by atoms with Crippen molar-refractivity contribution in [2.75, 3.05) is 33.8 Å². The fraction of sp³-hybridized carbons (Fsp3) is 0.135. The Morgan fingerprint density at radius 2 is 0.687 bits per heavy atom. The molecule has 0 amide bonds. The molecule has 150 heavy (non-hydrogen) atoms. The first-order chi connectivity index (χ1) is 71.2. The van der Waals surface area contributed by atoms with E-state index in [4.69, 9.17) is 43.4 Å². The van der Waals surface area contributed by atoms with E-state index in [9.17, 15) is 13.2 Å². The molecule has 0 saturated heterocycles. The van der Waals surface area contributed by atoms with Gasteiger partial charge in [-0.25, -0.2) is 0 Å². The molecule has 0 bridgehead atoms. The number of hydrogen-bond acceptors (Lipinski definition) is 31. The Balaban J connectivity index is 0.000000133. The van der Waals surface area contributed by atoms with Crippen LogP contribution in [0.3, 0.4) is 0 Å². The molecule has 17 aromatic heterocycles. The van der Waals surface area contributed by atoms with E-state index in [0.29, 0.717) is 75.1 Å². The highest BCUT2D eigenvalue weighted by Gasteiger charge is 2.30. The van der Waals surface area contributed by atoms with E-state index in [1.54, 1.807) is 119 Å². The summed E-state index contributed by atoms with van der Waals surface area (Å²) in [7, 11) is 6.53. The Kier molecular flexibility index (Phi) is 33.1. The van der Waals surface area contributed by atoms with Crippen LogP contribution in [-0.2, 0) is 38.3 Å². The molecule has 0 fully saturated rings. The Morgan fingerprint density at radius 3 is 1.14 bits per heavy atom. The third-order valence-electron chi connectivity index (χ3n) is 23.0. The van der Waals surface area contributed by atoms with Crippen molar-refractivity contribution in [2.24, 2.45) is 0 Å². The Bertz CT molecular complexity index is 8690. The number of methoxy groups -OCH3 is 4. The van der Waals surface area contributed by atoms with Crippen molar-refractivity contribution in [3.8, 4) is 95.8 Å². The molecule has 0 unspecified atom stereocenters. The summed E-state index contributed by atoms with van der Waals surface area (Å²) >= 11 is 4.98. The zero-order chi connectivity index (χ0) is 98.5. The lowest BCUT2D eigenvalue weighted by Crippen LogP contribution is -2.07. The minimum Gasteiger partial charge on any atom is -0.497 e. The Labute approximate surface area is 870 Å². The van der Waals surface area contributed by atoms with Gasteiger partial charge in [-0.3, -0.25) is 24.9 Å². The molecule has 8 aromatic carbocycles. The highest BCUT2D eigenvalue weighted by molar-refractivity contribution is 7.98. The van der Waals surface area contributed by atoms with E-state index < -0.39 is 11.7 Å². The van der Waals surface area contributed by atoms with Crippen LogP contribution < -0.4 is 38.5 Å². The maximum atomic E-state index is 12.8. The number of pyridine rings is 5. The number of ether oxygens (including phenoxy) is 7. The van der Waals surface area contributed by atoms with Gasteiger partial charge in [0.25, 0.3) is 0 Å². The molecule has 0 aliphatic carbocycles. The van der Waals surface area contributed by atoms with Crippen LogP contribution in [0.25, 0.3) is 138 Å². The number of hydrogen-bond donors (Lipinski definition) is 1. The summed E-state index contributed by atoms with van der Waals surface area (Å²) in [6, 6.07) is 90.3. The molecule has 0 spiro atoms. The van der Waals surface area contributed by atoms with Crippen molar-refractivity contribution < 1.29 is 46.3 Å². The van der Waals surface area contributed by atoms with E-state index in [1.165, 1.54) is 16.6 Å². The number of rotatable bonds is 24. The summed E-state index contributed by atoms with van der Waals surface area (Å²) in [5, 5.41) is 79.8. The summed E-state index contributed by atoms with van der Waals surface area (Å²) in [5.74, 6) is 9.04. The second-order valence-electron chi connectivity index (χ2n) is 32.0. The van der Waals surface area contributed by atoms with E-state index in [2.05, 4.69) is 102 Å². The van der Waals surface area contributed by atoms with Gasteiger partial charge < -0.3 is 38.5 Å². The molecule has 0 aliphatic heterocycles. The number of para-hydroxylation sites is 1. The molecule has 39 heteroatoms. The van der Waals surface area contributed by atoms with Crippen LogP contribution in [0.15, 0.2) is 343 Å². The molecule has 754 valence electrons. The molecule has 0 aliphatic rings. The molecule has 33 nitrogen and oxygen atoms in total. The van der Waals surface area contributed by atoms with Crippen molar-refractivity contribution in [3.05, 3.63) is 373 Å². The monoisotopic (exact) mass is 2060 g/mol. The molecule has 17 heterocycles. The average molecular weight is 2060 g/mol. The number of fused-ring (bicyclic) bond motifs is 10.